The smallest absolute Gasteiger partial charge is 0.191 e. The minimum Gasteiger partial charge on any atom is -0.361 e. The van der Waals surface area contributed by atoms with Crippen molar-refractivity contribution in [1.82, 2.24) is 20.7 Å². The fraction of sp³-hybridized carbons (Fsp3) is 0.636. The summed E-state index contributed by atoms with van der Waals surface area (Å²) in [7, 11) is 0. The molecule has 0 spiro atoms. The van der Waals surface area contributed by atoms with Crippen LogP contribution in [0.1, 0.15) is 55.5 Å². The summed E-state index contributed by atoms with van der Waals surface area (Å²) in [5.41, 5.74) is 2.17. The molecule has 29 heavy (non-hydrogen) atoms. The highest BCUT2D eigenvalue weighted by Gasteiger charge is 2.20. The summed E-state index contributed by atoms with van der Waals surface area (Å²) in [5.74, 6) is 2.55. The Morgan fingerprint density at radius 1 is 1.24 bits per heavy atom. The highest BCUT2D eigenvalue weighted by atomic mass is 32.1. The Morgan fingerprint density at radius 3 is 2.72 bits per heavy atom. The first kappa shape index (κ1) is 21.8. The van der Waals surface area contributed by atoms with Crippen molar-refractivity contribution in [2.75, 3.05) is 26.2 Å². The van der Waals surface area contributed by atoms with Crippen LogP contribution in [0.2, 0.25) is 0 Å². The number of rotatable bonds is 9. The van der Waals surface area contributed by atoms with Crippen LogP contribution in [-0.2, 0) is 25.9 Å². The van der Waals surface area contributed by atoms with Crippen LogP contribution in [0.5, 0.6) is 0 Å². The van der Waals surface area contributed by atoms with Crippen LogP contribution >= 0.6 is 11.3 Å². The van der Waals surface area contributed by atoms with Crippen LogP contribution in [-0.4, -0.2) is 42.2 Å². The zero-order valence-corrected chi connectivity index (χ0v) is 18.9. The van der Waals surface area contributed by atoms with E-state index < -0.39 is 0 Å². The van der Waals surface area contributed by atoms with E-state index >= 15 is 0 Å². The number of aryl methyl sites for hydroxylation is 2. The van der Waals surface area contributed by atoms with Crippen molar-refractivity contribution < 1.29 is 4.52 Å². The summed E-state index contributed by atoms with van der Waals surface area (Å²) in [4.78, 5) is 8.85. The molecule has 1 aliphatic rings. The number of likely N-dealkylation sites (tertiary alicyclic amines) is 1. The van der Waals surface area contributed by atoms with Gasteiger partial charge in [0.2, 0.25) is 0 Å². The van der Waals surface area contributed by atoms with Gasteiger partial charge in [-0.1, -0.05) is 25.1 Å². The number of thiophene rings is 1. The van der Waals surface area contributed by atoms with E-state index in [0.717, 1.165) is 55.5 Å². The van der Waals surface area contributed by atoms with Crippen LogP contribution < -0.4 is 10.6 Å². The molecule has 0 unspecified atom stereocenters. The van der Waals surface area contributed by atoms with Crippen molar-refractivity contribution in [2.45, 2.75) is 59.5 Å². The molecule has 2 aromatic rings. The molecule has 1 aliphatic heterocycles. The zero-order valence-electron chi connectivity index (χ0n) is 18.0. The lowest BCUT2D eigenvalue weighted by atomic mass is 9.97. The quantitative estimate of drug-likeness (QED) is 0.479. The molecule has 0 amide bonds. The predicted octanol–water partition coefficient (Wildman–Crippen LogP) is 3.83. The van der Waals surface area contributed by atoms with Gasteiger partial charge >= 0.3 is 0 Å². The molecule has 0 aliphatic carbocycles. The van der Waals surface area contributed by atoms with Gasteiger partial charge in [-0.25, -0.2) is 4.99 Å². The molecular formula is C22H35N5OS. The monoisotopic (exact) mass is 417 g/mol. The summed E-state index contributed by atoms with van der Waals surface area (Å²) < 4.78 is 5.47. The van der Waals surface area contributed by atoms with Gasteiger partial charge in [0.25, 0.3) is 0 Å². The van der Waals surface area contributed by atoms with E-state index in [1.807, 2.05) is 11.3 Å². The maximum absolute atomic E-state index is 5.47. The second-order valence-electron chi connectivity index (χ2n) is 7.61. The van der Waals surface area contributed by atoms with Gasteiger partial charge in [-0.15, -0.1) is 11.3 Å². The number of hydrogen-bond donors (Lipinski definition) is 2. The van der Waals surface area contributed by atoms with Gasteiger partial charge in [0.1, 0.15) is 5.76 Å². The van der Waals surface area contributed by atoms with E-state index in [-0.39, 0.29) is 0 Å². The normalized spacial score (nSPS) is 16.3. The van der Waals surface area contributed by atoms with Crippen LogP contribution in [0.15, 0.2) is 27.0 Å². The molecular weight excluding hydrogens is 382 g/mol. The first-order valence-electron chi connectivity index (χ1n) is 11.0. The highest BCUT2D eigenvalue weighted by Crippen LogP contribution is 2.20. The zero-order chi connectivity index (χ0) is 20.5. The number of aliphatic imine (C=N–C) groups is 1. The van der Waals surface area contributed by atoms with Crippen LogP contribution in [0.25, 0.3) is 0 Å². The van der Waals surface area contributed by atoms with E-state index in [0.29, 0.717) is 12.5 Å². The molecule has 1 fully saturated rings. The Bertz CT molecular complexity index is 726. The van der Waals surface area contributed by atoms with E-state index in [4.69, 9.17) is 9.52 Å². The number of piperidine rings is 1. The molecule has 1 saturated heterocycles. The Balaban J connectivity index is 1.48. The lowest BCUT2D eigenvalue weighted by Crippen LogP contribution is -2.42. The van der Waals surface area contributed by atoms with Gasteiger partial charge in [-0.05, 0) is 56.6 Å². The Morgan fingerprint density at radius 2 is 2.07 bits per heavy atom. The largest absolute Gasteiger partial charge is 0.361 e. The summed E-state index contributed by atoms with van der Waals surface area (Å²) in [6.07, 6.45) is 4.21. The van der Waals surface area contributed by atoms with Gasteiger partial charge in [-0.3, -0.25) is 4.90 Å². The lowest BCUT2D eigenvalue weighted by Gasteiger charge is -2.32. The molecule has 0 aromatic carbocycles. The van der Waals surface area contributed by atoms with Gasteiger partial charge in [0, 0.05) is 36.5 Å². The second kappa shape index (κ2) is 11.4. The third-order valence-corrected chi connectivity index (χ3v) is 6.43. The van der Waals surface area contributed by atoms with Crippen molar-refractivity contribution >= 4 is 17.3 Å². The number of guanidine groups is 1. The Kier molecular flexibility index (Phi) is 8.55. The van der Waals surface area contributed by atoms with Crippen LogP contribution in [0.3, 0.4) is 0 Å². The Labute approximate surface area is 178 Å². The van der Waals surface area contributed by atoms with Crippen molar-refractivity contribution in [3.8, 4) is 0 Å². The molecule has 2 N–H and O–H groups in total. The molecule has 3 heterocycles. The molecule has 0 bridgehead atoms. The SMILES string of the molecule is CCNC(=NCc1c(CC)noc1CC)NCC1CCN(Cc2cccs2)CC1. The molecule has 3 rings (SSSR count). The number of hydrogen-bond acceptors (Lipinski definition) is 5. The first-order valence-corrected chi connectivity index (χ1v) is 11.8. The molecule has 0 radical (unpaired) electrons. The van der Waals surface area contributed by atoms with E-state index in [9.17, 15) is 0 Å². The number of aromatic nitrogens is 1. The second-order valence-corrected chi connectivity index (χ2v) is 8.65. The topological polar surface area (TPSA) is 65.7 Å². The third-order valence-electron chi connectivity index (χ3n) is 5.57. The predicted molar refractivity (Wildman–Crippen MR) is 120 cm³/mol. The van der Waals surface area contributed by atoms with E-state index in [1.165, 1.54) is 30.8 Å². The maximum atomic E-state index is 5.47. The van der Waals surface area contributed by atoms with Crippen molar-refractivity contribution in [2.24, 2.45) is 10.9 Å². The van der Waals surface area contributed by atoms with Crippen molar-refractivity contribution in [1.29, 1.82) is 0 Å². The van der Waals surface area contributed by atoms with Crippen LogP contribution in [0.4, 0.5) is 0 Å². The third kappa shape index (κ3) is 6.31. The summed E-state index contributed by atoms with van der Waals surface area (Å²) in [6, 6.07) is 4.38. The van der Waals surface area contributed by atoms with E-state index in [1.54, 1.807) is 0 Å². The molecule has 7 heteroatoms. The minimum atomic E-state index is 0.616. The summed E-state index contributed by atoms with van der Waals surface area (Å²) in [6.45, 7) is 12.2. The fourth-order valence-corrected chi connectivity index (χ4v) is 4.58. The average Bonchev–Trinajstić information content (AvgIpc) is 3.40. The molecule has 6 nitrogen and oxygen atoms in total. The lowest BCUT2D eigenvalue weighted by molar-refractivity contribution is 0.179. The van der Waals surface area contributed by atoms with Gasteiger partial charge < -0.3 is 15.2 Å². The van der Waals surface area contributed by atoms with Gasteiger partial charge in [0.05, 0.1) is 12.2 Å². The summed E-state index contributed by atoms with van der Waals surface area (Å²) in [5, 5.41) is 13.3. The van der Waals surface area contributed by atoms with Gasteiger partial charge in [-0.2, -0.15) is 0 Å². The highest BCUT2D eigenvalue weighted by molar-refractivity contribution is 7.09. The molecule has 2 aromatic heterocycles. The van der Waals surface area contributed by atoms with Gasteiger partial charge in [0.15, 0.2) is 5.96 Å². The van der Waals surface area contributed by atoms with Crippen LogP contribution in [0, 0.1) is 5.92 Å². The Hall–Kier alpha value is -1.86. The average molecular weight is 418 g/mol. The van der Waals surface area contributed by atoms with E-state index in [2.05, 4.69) is 59.0 Å². The summed E-state index contributed by atoms with van der Waals surface area (Å²) >= 11 is 1.86. The number of nitrogens with one attached hydrogen (secondary N) is 2. The first-order chi connectivity index (χ1) is 14.2. The standard InChI is InChI=1S/C22H35N5OS/c1-4-20-19(21(5-2)28-26-20)15-25-22(23-6-3)24-14-17-9-11-27(12-10-17)16-18-8-7-13-29-18/h7-8,13,17H,4-6,9-12,14-16H2,1-3H3,(H2,23,24,25). The van der Waals surface area contributed by atoms with Crippen molar-refractivity contribution in [3.63, 3.8) is 0 Å². The van der Waals surface area contributed by atoms with Crippen molar-refractivity contribution in [3.05, 3.63) is 39.4 Å². The number of nitrogens with zero attached hydrogens (tertiary/aromatic N) is 3. The minimum absolute atomic E-state index is 0.616. The molecule has 0 atom stereocenters. The molecule has 160 valence electrons. The fourth-order valence-electron chi connectivity index (χ4n) is 3.83. The molecule has 0 saturated carbocycles. The maximum Gasteiger partial charge on any atom is 0.191 e.